The molecule has 0 aliphatic rings. The number of amides is 7. The molecule has 7 amide bonds. The monoisotopic (exact) mass is 754 g/mol. The van der Waals surface area contributed by atoms with Crippen LogP contribution in [-0.4, -0.2) is 81.8 Å². The number of nitrogens with two attached hydrogens (primary N) is 3. The van der Waals surface area contributed by atoms with Crippen LogP contribution < -0.4 is 43.8 Å². The van der Waals surface area contributed by atoms with E-state index in [1.807, 2.05) is 48.5 Å². The van der Waals surface area contributed by atoms with Gasteiger partial charge in [0.15, 0.2) is 0 Å². The van der Waals surface area contributed by atoms with E-state index in [2.05, 4.69) is 36.6 Å². The molecular weight excluding hydrogens is 704 g/mol. The van der Waals surface area contributed by atoms with Crippen LogP contribution in [0.2, 0.25) is 0 Å². The number of primary amides is 1. The molecule has 0 bridgehead atoms. The van der Waals surface area contributed by atoms with Gasteiger partial charge in [-0.3, -0.25) is 29.3 Å². The van der Waals surface area contributed by atoms with Crippen molar-refractivity contribution in [1.29, 1.82) is 0 Å². The van der Waals surface area contributed by atoms with Crippen molar-refractivity contribution in [2.75, 3.05) is 6.54 Å². The Morgan fingerprint density at radius 1 is 0.709 bits per heavy atom. The number of imide groups is 1. The van der Waals surface area contributed by atoms with E-state index in [-0.39, 0.29) is 25.7 Å². The van der Waals surface area contributed by atoms with Gasteiger partial charge in [0.05, 0.1) is 17.6 Å². The van der Waals surface area contributed by atoms with Gasteiger partial charge in [0.1, 0.15) is 24.2 Å². The Bertz CT molecular complexity index is 1930. The molecule has 4 rings (SSSR count). The highest BCUT2D eigenvalue weighted by molar-refractivity contribution is 6.01. The van der Waals surface area contributed by atoms with E-state index in [4.69, 9.17) is 17.2 Å². The fourth-order valence-corrected chi connectivity index (χ4v) is 5.74. The molecule has 0 spiro atoms. The number of carbonyl (C=O) groups excluding carboxylic acids is 6. The number of fused-ring (bicyclic) bond motifs is 1. The highest BCUT2D eigenvalue weighted by atomic mass is 16.2. The first-order chi connectivity index (χ1) is 26.2. The van der Waals surface area contributed by atoms with Gasteiger partial charge in [0.2, 0.25) is 29.5 Å². The molecule has 0 saturated carbocycles. The van der Waals surface area contributed by atoms with Crippen molar-refractivity contribution in [2.24, 2.45) is 17.2 Å². The van der Waals surface area contributed by atoms with Gasteiger partial charge in [-0.2, -0.15) is 0 Å². The molecule has 3 aromatic carbocycles. The van der Waals surface area contributed by atoms with Crippen LogP contribution in [0.4, 0.5) is 4.79 Å². The molecule has 292 valence electrons. The average Bonchev–Trinajstić information content (AvgIpc) is 3.66. The van der Waals surface area contributed by atoms with Crippen LogP contribution in [0.1, 0.15) is 49.9 Å². The summed E-state index contributed by atoms with van der Waals surface area (Å²) < 4.78 is 0. The molecule has 55 heavy (non-hydrogen) atoms. The lowest BCUT2D eigenvalue weighted by Crippen LogP contribution is -2.60. The summed E-state index contributed by atoms with van der Waals surface area (Å²) in [5, 5.41) is 14.7. The lowest BCUT2D eigenvalue weighted by atomic mass is 9.99. The van der Waals surface area contributed by atoms with Crippen LogP contribution in [0, 0.1) is 0 Å². The van der Waals surface area contributed by atoms with Crippen LogP contribution in [0.25, 0.3) is 10.8 Å². The maximum absolute atomic E-state index is 14.3. The topological polar surface area (TPSA) is 269 Å². The van der Waals surface area contributed by atoms with Gasteiger partial charge in [0, 0.05) is 25.5 Å². The molecule has 0 fully saturated rings. The number of rotatable bonds is 19. The number of imidazole rings is 1. The van der Waals surface area contributed by atoms with Gasteiger partial charge in [-0.25, -0.2) is 9.78 Å². The Morgan fingerprint density at radius 3 is 1.87 bits per heavy atom. The molecule has 0 aliphatic heterocycles. The molecule has 0 radical (unpaired) electrons. The summed E-state index contributed by atoms with van der Waals surface area (Å²) in [6.07, 6.45) is 4.31. The largest absolute Gasteiger partial charge is 0.368 e. The van der Waals surface area contributed by atoms with Crippen LogP contribution in [0.5, 0.6) is 0 Å². The van der Waals surface area contributed by atoms with Crippen LogP contribution >= 0.6 is 0 Å². The highest BCUT2D eigenvalue weighted by Crippen LogP contribution is 2.17. The lowest BCUT2D eigenvalue weighted by molar-refractivity contribution is -0.133. The van der Waals surface area contributed by atoms with Crippen molar-refractivity contribution in [2.45, 2.75) is 82.1 Å². The van der Waals surface area contributed by atoms with Gasteiger partial charge in [-0.15, -0.1) is 0 Å². The normalized spacial score (nSPS) is 13.5. The zero-order valence-corrected chi connectivity index (χ0v) is 31.0. The van der Waals surface area contributed by atoms with Crippen molar-refractivity contribution < 1.29 is 28.8 Å². The molecule has 0 saturated heterocycles. The van der Waals surface area contributed by atoms with Gasteiger partial charge in [0.25, 0.3) is 0 Å². The Hall–Kier alpha value is -6.13. The van der Waals surface area contributed by atoms with Crippen molar-refractivity contribution >= 4 is 46.3 Å². The van der Waals surface area contributed by atoms with E-state index in [0.717, 1.165) is 16.3 Å². The predicted molar refractivity (Wildman–Crippen MR) is 207 cm³/mol. The zero-order chi connectivity index (χ0) is 40.0. The summed E-state index contributed by atoms with van der Waals surface area (Å²) in [7, 11) is 0. The molecule has 4 aromatic rings. The van der Waals surface area contributed by atoms with Gasteiger partial charge < -0.3 is 43.5 Å². The highest BCUT2D eigenvalue weighted by Gasteiger charge is 2.33. The van der Waals surface area contributed by atoms with Crippen LogP contribution in [-0.2, 0) is 43.2 Å². The quantitative estimate of drug-likeness (QED) is 0.0606. The van der Waals surface area contributed by atoms with E-state index in [9.17, 15) is 28.8 Å². The summed E-state index contributed by atoms with van der Waals surface area (Å²) in [5.74, 6) is -3.63. The Kier molecular flexibility index (Phi) is 15.0. The Morgan fingerprint density at radius 2 is 1.29 bits per heavy atom. The van der Waals surface area contributed by atoms with Gasteiger partial charge >= 0.3 is 6.03 Å². The van der Waals surface area contributed by atoms with Crippen LogP contribution in [0.15, 0.2) is 85.3 Å². The maximum Gasteiger partial charge on any atom is 0.322 e. The maximum atomic E-state index is 14.3. The summed E-state index contributed by atoms with van der Waals surface area (Å²) in [5.41, 5.74) is 17.5. The van der Waals surface area contributed by atoms with Crippen molar-refractivity contribution in [1.82, 2.24) is 36.6 Å². The van der Waals surface area contributed by atoms with Gasteiger partial charge in [-0.05, 0) is 61.6 Å². The molecule has 1 heterocycles. The number of nitrogens with zero attached hydrogens (tertiary/aromatic N) is 1. The first-order valence-electron chi connectivity index (χ1n) is 18.0. The van der Waals surface area contributed by atoms with E-state index in [1.165, 1.54) is 26.4 Å². The summed E-state index contributed by atoms with van der Waals surface area (Å²) in [6.45, 7) is 3.24. The number of aromatic nitrogens is 2. The fourth-order valence-electron chi connectivity index (χ4n) is 5.74. The molecule has 16 nitrogen and oxygen atoms in total. The third-order valence-electron chi connectivity index (χ3n) is 8.81. The zero-order valence-electron chi connectivity index (χ0n) is 31.0. The Balaban J connectivity index is 1.64. The molecule has 0 unspecified atom stereocenters. The minimum absolute atomic E-state index is 0.00769. The van der Waals surface area contributed by atoms with E-state index in [1.54, 1.807) is 24.3 Å². The number of urea groups is 1. The number of unbranched alkanes of at least 4 members (excludes halogenated alkanes) is 1. The summed E-state index contributed by atoms with van der Waals surface area (Å²) in [4.78, 5) is 86.8. The number of H-pyrrole nitrogens is 1. The van der Waals surface area contributed by atoms with E-state index < -0.39 is 65.3 Å². The number of hydrogen-bond donors (Lipinski definition) is 9. The smallest absolute Gasteiger partial charge is 0.322 e. The minimum atomic E-state index is -1.38. The van der Waals surface area contributed by atoms with E-state index >= 15 is 0 Å². The first-order valence-corrected chi connectivity index (χ1v) is 18.0. The molecule has 0 aliphatic carbocycles. The van der Waals surface area contributed by atoms with Crippen molar-refractivity contribution in [3.05, 3.63) is 102 Å². The first kappa shape index (κ1) is 41.6. The SMILES string of the molecule is CC(C)(N)C(=O)NC(=O)N[C@@H](Cc1c[nH]cn1)C(=O)N[C@H](Cc1ccc2ccccc2c1)C(=O)N[C@H](Cc1ccccc1)C(=O)N[C@@H](CCCCN)C(N)=O. The van der Waals surface area contributed by atoms with Crippen molar-refractivity contribution in [3.63, 3.8) is 0 Å². The number of benzene rings is 3. The van der Waals surface area contributed by atoms with Crippen LogP contribution in [0.3, 0.4) is 0 Å². The third kappa shape index (κ3) is 13.0. The summed E-state index contributed by atoms with van der Waals surface area (Å²) in [6, 6.07) is 16.5. The number of nitrogens with one attached hydrogen (secondary N) is 6. The second-order valence-electron chi connectivity index (χ2n) is 13.9. The molecule has 12 N–H and O–H groups in total. The number of aromatic amines is 1. The lowest BCUT2D eigenvalue weighted by Gasteiger charge is -2.26. The second-order valence-corrected chi connectivity index (χ2v) is 13.9. The standard InChI is InChI=1S/C39H50N10O6/c1-39(2,42)37(54)49-38(55)48-32(21-28-22-43-23-44-28)36(53)47-31(20-25-15-16-26-12-6-7-13-27(26)18-25)35(52)46-30(19-24-10-4-3-5-11-24)34(51)45-29(33(41)50)14-8-9-17-40/h3-7,10-13,15-16,18,22-23,29-32H,8-9,14,17,19-21,40,42H2,1-2H3,(H2,41,50)(H,43,44)(H,45,51)(H,46,52)(H,47,53)(H2,48,49,54,55)/t29-,30+,31+,32-/m0/s1. The van der Waals surface area contributed by atoms with Crippen molar-refractivity contribution in [3.8, 4) is 0 Å². The number of carbonyl (C=O) groups is 6. The fraction of sp³-hybridized carbons (Fsp3) is 0.359. The van der Waals surface area contributed by atoms with E-state index in [0.29, 0.717) is 30.6 Å². The second kappa shape index (κ2) is 19.8. The molecule has 4 atom stereocenters. The Labute approximate surface area is 319 Å². The number of hydrogen-bond acceptors (Lipinski definition) is 9. The molecule has 1 aromatic heterocycles. The average molecular weight is 755 g/mol. The predicted octanol–water partition coefficient (Wildman–Crippen LogP) is 0.591. The molecular formula is C39H50N10O6. The minimum Gasteiger partial charge on any atom is -0.368 e. The molecule has 16 heteroatoms. The summed E-state index contributed by atoms with van der Waals surface area (Å²) >= 11 is 0. The third-order valence-corrected chi connectivity index (χ3v) is 8.81. The van der Waals surface area contributed by atoms with Gasteiger partial charge in [-0.1, -0.05) is 72.8 Å².